The van der Waals surface area contributed by atoms with Crippen molar-refractivity contribution in [3.05, 3.63) is 182 Å². The van der Waals surface area contributed by atoms with Crippen LogP contribution in [0.5, 0.6) is 0 Å². The van der Waals surface area contributed by atoms with Gasteiger partial charge in [-0.3, -0.25) is 0 Å². The van der Waals surface area contributed by atoms with Crippen molar-refractivity contribution in [3.8, 4) is 67.7 Å². The predicted octanol–water partition coefficient (Wildman–Crippen LogP) is 13.5. The lowest BCUT2D eigenvalue weighted by atomic mass is 9.96. The van der Waals surface area contributed by atoms with E-state index in [-0.39, 0.29) is 0 Å². The lowest BCUT2D eigenvalue weighted by molar-refractivity contribution is 0.670. The molecular weight excluding hydrogens is 757 g/mol. The minimum atomic E-state index is 0.589. The van der Waals surface area contributed by atoms with E-state index in [2.05, 4.69) is 114 Å². The topological polar surface area (TPSA) is 90.5 Å². The molecule has 12 rings (SSSR count). The van der Waals surface area contributed by atoms with Crippen LogP contribution in [0.25, 0.3) is 122 Å². The molecule has 0 unspecified atom stereocenters. The average Bonchev–Trinajstić information content (AvgIpc) is 3.97. The summed E-state index contributed by atoms with van der Waals surface area (Å²) in [6.45, 7) is 0. The van der Waals surface area contributed by atoms with Crippen LogP contribution < -0.4 is 0 Å². The Kier molecular flexibility index (Phi) is 7.89. The Hall–Kier alpha value is -7.94. The monoisotopic (exact) mass is 786 g/mol. The minimum Gasteiger partial charge on any atom is -0.455 e. The van der Waals surface area contributed by atoms with Crippen molar-refractivity contribution in [1.82, 2.24) is 28.7 Å². The fourth-order valence-electron chi connectivity index (χ4n) is 8.29. The first kappa shape index (κ1) is 34.1. The fourth-order valence-corrected chi connectivity index (χ4v) is 8.84. The molecule has 4 heterocycles. The van der Waals surface area contributed by atoms with Gasteiger partial charge in [0.2, 0.25) is 0 Å². The van der Waals surface area contributed by atoms with E-state index in [4.69, 9.17) is 28.7 Å². The SMILES string of the molecule is c1ccc(-c2nc(-c3ccc(-c4cccc5c4oc4ccccc45)cc3)nc(-c3cccc(-c4ccc5c(c4)nc(-c4ccccc4)c4ccc6nsnc6c45)c3)n2)cc1. The number of pyridine rings is 1. The molecule has 0 amide bonds. The van der Waals surface area contributed by atoms with Crippen LogP contribution in [-0.2, 0) is 0 Å². The number of fused-ring (bicyclic) bond motifs is 8. The van der Waals surface area contributed by atoms with Gasteiger partial charge in [0.15, 0.2) is 17.5 Å². The van der Waals surface area contributed by atoms with Gasteiger partial charge in [-0.15, -0.1) is 0 Å². The summed E-state index contributed by atoms with van der Waals surface area (Å²) in [5.74, 6) is 1.79. The Bertz CT molecular complexity index is 3600. The zero-order valence-corrected chi connectivity index (χ0v) is 32.6. The highest BCUT2D eigenvalue weighted by molar-refractivity contribution is 7.00. The third-order valence-corrected chi connectivity index (χ3v) is 11.8. The Balaban J connectivity index is 0.960. The maximum Gasteiger partial charge on any atom is 0.164 e. The zero-order valence-electron chi connectivity index (χ0n) is 31.8. The molecule has 0 aliphatic heterocycles. The van der Waals surface area contributed by atoms with E-state index in [1.807, 2.05) is 72.8 Å². The Morgan fingerprint density at radius 3 is 1.78 bits per heavy atom. The van der Waals surface area contributed by atoms with Crippen LogP contribution in [-0.4, -0.2) is 28.7 Å². The van der Waals surface area contributed by atoms with Crippen molar-refractivity contribution in [2.75, 3.05) is 0 Å². The summed E-state index contributed by atoms with van der Waals surface area (Å²) in [6.07, 6.45) is 0. The van der Waals surface area contributed by atoms with Gasteiger partial charge in [-0.25, -0.2) is 19.9 Å². The molecule has 8 heteroatoms. The maximum atomic E-state index is 6.36. The average molecular weight is 787 g/mol. The second-order valence-corrected chi connectivity index (χ2v) is 15.3. The summed E-state index contributed by atoms with van der Waals surface area (Å²) >= 11 is 1.24. The van der Waals surface area contributed by atoms with Gasteiger partial charge in [-0.2, -0.15) is 8.75 Å². The minimum absolute atomic E-state index is 0.589. The summed E-state index contributed by atoms with van der Waals surface area (Å²) in [6, 6.07) is 62.3. The van der Waals surface area contributed by atoms with Crippen molar-refractivity contribution >= 4 is 66.4 Å². The van der Waals surface area contributed by atoms with Gasteiger partial charge in [0.05, 0.1) is 22.9 Å². The van der Waals surface area contributed by atoms with Crippen molar-refractivity contribution in [1.29, 1.82) is 0 Å². The number of aromatic nitrogens is 6. The summed E-state index contributed by atoms with van der Waals surface area (Å²) in [5.41, 5.74) is 13.2. The first-order valence-electron chi connectivity index (χ1n) is 19.7. The molecule has 280 valence electrons. The molecule has 7 nitrogen and oxygen atoms in total. The van der Waals surface area contributed by atoms with E-state index in [9.17, 15) is 0 Å². The van der Waals surface area contributed by atoms with Gasteiger partial charge in [0, 0.05) is 54.7 Å². The van der Waals surface area contributed by atoms with Crippen LogP contribution in [0.15, 0.2) is 186 Å². The van der Waals surface area contributed by atoms with Crippen molar-refractivity contribution < 1.29 is 4.42 Å². The zero-order chi connectivity index (χ0) is 39.6. The summed E-state index contributed by atoms with van der Waals surface area (Å²) in [4.78, 5) is 20.5. The van der Waals surface area contributed by atoms with Gasteiger partial charge >= 0.3 is 0 Å². The number of furan rings is 1. The molecule has 0 aliphatic carbocycles. The van der Waals surface area contributed by atoms with Crippen LogP contribution in [0.2, 0.25) is 0 Å². The molecule has 0 spiro atoms. The third kappa shape index (κ3) is 5.73. The fraction of sp³-hybridized carbons (Fsp3) is 0. The molecule has 0 atom stereocenters. The third-order valence-electron chi connectivity index (χ3n) is 11.2. The second kappa shape index (κ2) is 13.9. The largest absolute Gasteiger partial charge is 0.455 e. The van der Waals surface area contributed by atoms with E-state index < -0.39 is 0 Å². The smallest absolute Gasteiger partial charge is 0.164 e. The van der Waals surface area contributed by atoms with E-state index in [0.717, 1.165) is 105 Å². The number of hydrogen-bond donors (Lipinski definition) is 0. The van der Waals surface area contributed by atoms with Crippen molar-refractivity contribution in [3.63, 3.8) is 0 Å². The van der Waals surface area contributed by atoms with Gasteiger partial charge in [0.25, 0.3) is 0 Å². The maximum absolute atomic E-state index is 6.36. The van der Waals surface area contributed by atoms with Crippen LogP contribution in [0.3, 0.4) is 0 Å². The van der Waals surface area contributed by atoms with Crippen LogP contribution in [0.4, 0.5) is 0 Å². The number of hydrogen-bond acceptors (Lipinski definition) is 8. The standard InChI is InChI=1S/C52H30N6OS/c1-3-11-32(12-4-1)47-42-27-28-43-48(58-60-57-43)46(42)41-26-25-36(30-44(41)53-47)35-15-9-16-37(29-35)52-55-50(33-13-5-2-6-14-33)54-51(56-52)34-23-21-31(22-24-34)38-18-10-19-40-39-17-7-8-20-45(39)59-49(38)40/h1-30H. The molecule has 0 saturated heterocycles. The molecule has 8 aromatic carbocycles. The van der Waals surface area contributed by atoms with Crippen molar-refractivity contribution in [2.45, 2.75) is 0 Å². The van der Waals surface area contributed by atoms with Gasteiger partial charge in [-0.1, -0.05) is 152 Å². The quantitative estimate of drug-likeness (QED) is 0.155. The highest BCUT2D eigenvalue weighted by Crippen LogP contribution is 2.39. The molecule has 60 heavy (non-hydrogen) atoms. The molecule has 0 fully saturated rings. The summed E-state index contributed by atoms with van der Waals surface area (Å²) in [5, 5.41) is 5.37. The highest BCUT2D eigenvalue weighted by atomic mass is 32.1. The second-order valence-electron chi connectivity index (χ2n) is 14.8. The van der Waals surface area contributed by atoms with Gasteiger partial charge in [0.1, 0.15) is 22.2 Å². The molecule has 0 N–H and O–H groups in total. The molecular formula is C52H30N6OS. The molecule has 0 radical (unpaired) electrons. The molecule has 12 aromatic rings. The van der Waals surface area contributed by atoms with Crippen molar-refractivity contribution in [2.24, 2.45) is 0 Å². The normalized spacial score (nSPS) is 11.7. The number of rotatable bonds is 6. The first-order chi connectivity index (χ1) is 29.7. The van der Waals surface area contributed by atoms with Crippen LogP contribution >= 0.6 is 11.7 Å². The summed E-state index contributed by atoms with van der Waals surface area (Å²) < 4.78 is 15.6. The number of para-hydroxylation sites is 2. The van der Waals surface area contributed by atoms with E-state index in [1.54, 1.807) is 0 Å². The van der Waals surface area contributed by atoms with Crippen LogP contribution in [0, 0.1) is 0 Å². The highest BCUT2D eigenvalue weighted by Gasteiger charge is 2.18. The van der Waals surface area contributed by atoms with Gasteiger partial charge < -0.3 is 4.42 Å². The van der Waals surface area contributed by atoms with E-state index in [1.165, 1.54) is 11.7 Å². The summed E-state index contributed by atoms with van der Waals surface area (Å²) in [7, 11) is 0. The lowest BCUT2D eigenvalue weighted by Gasteiger charge is -2.12. The lowest BCUT2D eigenvalue weighted by Crippen LogP contribution is -2.00. The number of nitrogens with zero attached hydrogens (tertiary/aromatic N) is 6. The van der Waals surface area contributed by atoms with Crippen LogP contribution in [0.1, 0.15) is 0 Å². The number of benzene rings is 8. The van der Waals surface area contributed by atoms with E-state index in [0.29, 0.717) is 17.5 Å². The molecule has 4 aromatic heterocycles. The molecule has 0 aliphatic rings. The predicted molar refractivity (Wildman–Crippen MR) is 244 cm³/mol. The Morgan fingerprint density at radius 2 is 0.967 bits per heavy atom. The Labute approximate surface area is 347 Å². The van der Waals surface area contributed by atoms with E-state index >= 15 is 0 Å². The van der Waals surface area contributed by atoms with Gasteiger partial charge in [-0.05, 0) is 47.0 Å². The molecule has 0 bridgehead atoms. The molecule has 0 saturated carbocycles. The first-order valence-corrected chi connectivity index (χ1v) is 20.4. The Morgan fingerprint density at radius 1 is 0.367 bits per heavy atom.